The molecule has 10 heteroatoms. The van der Waals surface area contributed by atoms with E-state index >= 15 is 0 Å². The molecule has 7 nitrogen and oxygen atoms in total. The van der Waals surface area contributed by atoms with Gasteiger partial charge in [-0.1, -0.05) is 6.07 Å². The molecule has 0 aliphatic heterocycles. The van der Waals surface area contributed by atoms with Gasteiger partial charge >= 0.3 is 11.9 Å². The lowest BCUT2D eigenvalue weighted by molar-refractivity contribution is -0.385. The topological polar surface area (TPSA) is 111 Å². The number of hydrogen-bond acceptors (Lipinski definition) is 6. The first-order valence-corrected chi connectivity index (χ1v) is 6.18. The molecule has 0 aromatic heterocycles. The molecule has 1 aromatic rings. The molecule has 1 rings (SSSR count). The highest BCUT2D eigenvalue weighted by molar-refractivity contribution is 5.48. The molecule has 0 aliphatic rings. The van der Waals surface area contributed by atoms with Crippen LogP contribution in [0.1, 0.15) is 11.6 Å². The van der Waals surface area contributed by atoms with Crippen LogP contribution in [0.4, 0.5) is 18.9 Å². The number of rotatable bonds is 7. The first kappa shape index (κ1) is 18.1. The quantitative estimate of drug-likeness (QED) is 0.517. The fourth-order valence-corrected chi connectivity index (χ4v) is 1.73. The summed E-state index contributed by atoms with van der Waals surface area (Å²) in [6.07, 6.45) is -4.55. The molecule has 0 bridgehead atoms. The Hall–Kier alpha value is -1.91. The van der Waals surface area contributed by atoms with Crippen molar-refractivity contribution >= 4 is 5.69 Å². The molecule has 0 aliphatic carbocycles. The number of alkyl halides is 3. The Kier molecular flexibility index (Phi) is 6.09. The number of phenolic OH excluding ortho intramolecular Hbond substituents is 1. The third-order valence-corrected chi connectivity index (χ3v) is 2.94. The number of nitrogens with one attached hydrogen (secondary N) is 1. The van der Waals surface area contributed by atoms with Crippen LogP contribution in [0.2, 0.25) is 0 Å². The van der Waals surface area contributed by atoms with Crippen LogP contribution in [0.25, 0.3) is 0 Å². The zero-order chi connectivity index (χ0) is 16.9. The minimum atomic E-state index is -4.55. The highest BCUT2D eigenvalue weighted by Crippen LogP contribution is 2.29. The Labute approximate surface area is 124 Å². The average molecular weight is 323 g/mol. The minimum absolute atomic E-state index is 0.0213. The van der Waals surface area contributed by atoms with Crippen LogP contribution >= 0.6 is 0 Å². The van der Waals surface area contributed by atoms with E-state index < -0.39 is 41.2 Å². The first-order chi connectivity index (χ1) is 10.2. The molecule has 22 heavy (non-hydrogen) atoms. The summed E-state index contributed by atoms with van der Waals surface area (Å²) in [4.78, 5) is 9.99. The third kappa shape index (κ3) is 4.83. The molecule has 1 unspecified atom stereocenters. The molecule has 0 fully saturated rings. The number of nitrogens with zero attached hydrogens (tertiary/aromatic N) is 1. The van der Waals surface area contributed by atoms with E-state index in [9.17, 15) is 28.4 Å². The van der Waals surface area contributed by atoms with E-state index in [0.717, 1.165) is 12.1 Å². The third-order valence-electron chi connectivity index (χ3n) is 2.94. The SMILES string of the molecule is COCC(NC[C@H](N)C(F)(F)F)c1ccc(O)c([N+](=O)[O-])c1. The molecule has 0 heterocycles. The Morgan fingerprint density at radius 2 is 2.14 bits per heavy atom. The number of methoxy groups -OCH3 is 1. The highest BCUT2D eigenvalue weighted by atomic mass is 19.4. The maximum Gasteiger partial charge on any atom is 0.404 e. The number of halogens is 3. The zero-order valence-corrected chi connectivity index (χ0v) is 11.6. The minimum Gasteiger partial charge on any atom is -0.502 e. The van der Waals surface area contributed by atoms with Crippen molar-refractivity contribution in [1.29, 1.82) is 0 Å². The number of nitro groups is 1. The van der Waals surface area contributed by atoms with Gasteiger partial charge in [0.25, 0.3) is 0 Å². The highest BCUT2D eigenvalue weighted by Gasteiger charge is 2.36. The number of hydrogen-bond donors (Lipinski definition) is 3. The second-order valence-electron chi connectivity index (χ2n) is 4.57. The zero-order valence-electron chi connectivity index (χ0n) is 11.6. The van der Waals surface area contributed by atoms with Crippen molar-refractivity contribution in [1.82, 2.24) is 5.32 Å². The van der Waals surface area contributed by atoms with Crippen LogP contribution < -0.4 is 11.1 Å². The number of benzene rings is 1. The van der Waals surface area contributed by atoms with E-state index in [1.165, 1.54) is 13.2 Å². The van der Waals surface area contributed by atoms with Gasteiger partial charge in [-0.3, -0.25) is 10.1 Å². The van der Waals surface area contributed by atoms with Gasteiger partial charge in [-0.05, 0) is 11.6 Å². The van der Waals surface area contributed by atoms with Gasteiger partial charge in [0, 0.05) is 19.7 Å². The van der Waals surface area contributed by atoms with E-state index in [2.05, 4.69) is 5.32 Å². The van der Waals surface area contributed by atoms with E-state index in [0.29, 0.717) is 5.56 Å². The van der Waals surface area contributed by atoms with Gasteiger partial charge in [0.2, 0.25) is 0 Å². The number of ether oxygens (including phenoxy) is 1. The Bertz CT molecular complexity index is 525. The molecular weight excluding hydrogens is 307 g/mol. The fraction of sp³-hybridized carbons (Fsp3) is 0.500. The van der Waals surface area contributed by atoms with Crippen molar-refractivity contribution in [3.63, 3.8) is 0 Å². The lowest BCUT2D eigenvalue weighted by atomic mass is 10.1. The summed E-state index contributed by atoms with van der Waals surface area (Å²) in [6.45, 7) is -0.599. The summed E-state index contributed by atoms with van der Waals surface area (Å²) in [5.41, 5.74) is 4.76. The van der Waals surface area contributed by atoms with E-state index in [-0.39, 0.29) is 6.61 Å². The summed E-state index contributed by atoms with van der Waals surface area (Å²) in [7, 11) is 1.34. The summed E-state index contributed by atoms with van der Waals surface area (Å²) in [5.74, 6) is -0.531. The van der Waals surface area contributed by atoms with Crippen LogP contribution in [0.3, 0.4) is 0 Å². The van der Waals surface area contributed by atoms with Gasteiger partial charge in [-0.15, -0.1) is 0 Å². The predicted molar refractivity (Wildman–Crippen MR) is 71.4 cm³/mol. The number of aromatic hydroxyl groups is 1. The lowest BCUT2D eigenvalue weighted by Gasteiger charge is -2.22. The van der Waals surface area contributed by atoms with Crippen molar-refractivity contribution in [2.24, 2.45) is 5.73 Å². The number of nitrogens with two attached hydrogens (primary N) is 1. The molecule has 124 valence electrons. The molecule has 0 spiro atoms. The van der Waals surface area contributed by atoms with E-state index in [1.54, 1.807) is 0 Å². The molecule has 2 atom stereocenters. The largest absolute Gasteiger partial charge is 0.502 e. The lowest BCUT2D eigenvalue weighted by Crippen LogP contribution is -2.46. The first-order valence-electron chi connectivity index (χ1n) is 6.18. The summed E-state index contributed by atoms with van der Waals surface area (Å²) < 4.78 is 42.1. The van der Waals surface area contributed by atoms with E-state index in [1.807, 2.05) is 0 Å². The maximum atomic E-state index is 12.4. The Morgan fingerprint density at radius 3 is 2.64 bits per heavy atom. The van der Waals surface area contributed by atoms with Gasteiger partial charge in [-0.2, -0.15) is 13.2 Å². The molecule has 0 saturated carbocycles. The number of nitro benzene ring substituents is 1. The molecule has 0 amide bonds. The monoisotopic (exact) mass is 323 g/mol. The predicted octanol–water partition coefficient (Wildman–Crippen LogP) is 1.47. The van der Waals surface area contributed by atoms with Gasteiger partial charge in [0.15, 0.2) is 5.75 Å². The number of phenols is 1. The van der Waals surface area contributed by atoms with Crippen molar-refractivity contribution in [3.8, 4) is 5.75 Å². The van der Waals surface area contributed by atoms with Gasteiger partial charge in [0.05, 0.1) is 17.6 Å². The van der Waals surface area contributed by atoms with Crippen molar-refractivity contribution in [3.05, 3.63) is 33.9 Å². The second-order valence-corrected chi connectivity index (χ2v) is 4.57. The van der Waals surface area contributed by atoms with Crippen LogP contribution in [-0.2, 0) is 4.74 Å². The fourth-order valence-electron chi connectivity index (χ4n) is 1.73. The van der Waals surface area contributed by atoms with E-state index in [4.69, 9.17) is 10.5 Å². The molecule has 1 aromatic carbocycles. The Balaban J connectivity index is 2.91. The summed E-state index contributed by atoms with van der Waals surface area (Å²) >= 11 is 0. The smallest absolute Gasteiger partial charge is 0.404 e. The molecule has 0 radical (unpaired) electrons. The van der Waals surface area contributed by atoms with Crippen LogP contribution in [0, 0.1) is 10.1 Å². The normalized spacial score (nSPS) is 14.6. The molecule has 0 saturated heterocycles. The van der Waals surface area contributed by atoms with Crippen LogP contribution in [0.5, 0.6) is 5.75 Å². The maximum absolute atomic E-state index is 12.4. The van der Waals surface area contributed by atoms with Crippen molar-refractivity contribution < 1.29 is 27.9 Å². The second kappa shape index (κ2) is 7.38. The van der Waals surface area contributed by atoms with Crippen LogP contribution in [-0.4, -0.2) is 42.5 Å². The van der Waals surface area contributed by atoms with Gasteiger partial charge < -0.3 is 20.9 Å². The van der Waals surface area contributed by atoms with Gasteiger partial charge in [0.1, 0.15) is 6.04 Å². The summed E-state index contributed by atoms with van der Waals surface area (Å²) in [5, 5.41) is 22.7. The standard InChI is InChI=1S/C12H16F3N3O4/c1-22-6-8(17-5-11(16)12(13,14)15)7-2-3-10(19)9(4-7)18(20)21/h2-4,8,11,17,19H,5-6,16H2,1H3/t8?,11-/m0/s1. The van der Waals surface area contributed by atoms with Crippen molar-refractivity contribution in [2.75, 3.05) is 20.3 Å². The summed E-state index contributed by atoms with van der Waals surface area (Å²) in [6, 6.07) is 0.724. The Morgan fingerprint density at radius 1 is 1.50 bits per heavy atom. The molecular formula is C12H16F3N3O4. The molecule has 4 N–H and O–H groups in total. The van der Waals surface area contributed by atoms with Crippen LogP contribution in [0.15, 0.2) is 18.2 Å². The average Bonchev–Trinajstić information content (AvgIpc) is 2.42. The van der Waals surface area contributed by atoms with Crippen molar-refractivity contribution in [2.45, 2.75) is 18.3 Å². The van der Waals surface area contributed by atoms with Gasteiger partial charge in [-0.25, -0.2) is 0 Å².